The Morgan fingerprint density at radius 1 is 1.86 bits per heavy atom. The van der Waals surface area contributed by atoms with Gasteiger partial charge in [0.25, 0.3) is 0 Å². The standard InChI is InChI=1S/C4H6N2O/c7-4-2-1-3-5-6-4/h3H,1-2H2,(H,6,7). The fraction of sp³-hybridized carbons (Fsp3) is 0.500. The third-order valence-electron chi connectivity index (χ3n) is 0.781. The molecule has 0 fully saturated rings. The zero-order chi connectivity index (χ0) is 5.11. The summed E-state index contributed by atoms with van der Waals surface area (Å²) in [6, 6.07) is 0. The second-order valence-corrected chi connectivity index (χ2v) is 1.39. The average Bonchev–Trinajstić information content (AvgIpc) is 1.69. The van der Waals surface area contributed by atoms with Crippen molar-refractivity contribution in [1.29, 1.82) is 0 Å². The van der Waals surface area contributed by atoms with Gasteiger partial charge in [-0.3, -0.25) is 4.79 Å². The van der Waals surface area contributed by atoms with Gasteiger partial charge < -0.3 is 0 Å². The lowest BCUT2D eigenvalue weighted by atomic mass is 10.3. The van der Waals surface area contributed by atoms with Gasteiger partial charge in [-0.25, -0.2) is 5.43 Å². The fourth-order valence-electron chi connectivity index (χ4n) is 0.434. The normalized spacial score (nSPS) is 19.1. The highest BCUT2D eigenvalue weighted by molar-refractivity contribution is 5.81. The number of nitrogens with zero attached hydrogens (tertiary/aromatic N) is 1. The minimum absolute atomic E-state index is 0.0162. The molecule has 1 aliphatic heterocycles. The Hall–Kier alpha value is -0.860. The van der Waals surface area contributed by atoms with Gasteiger partial charge in [-0.05, 0) is 6.42 Å². The summed E-state index contributed by atoms with van der Waals surface area (Å²) in [5.41, 5.74) is 2.31. The number of amides is 1. The van der Waals surface area contributed by atoms with Crippen molar-refractivity contribution < 1.29 is 4.79 Å². The number of hydrogen-bond acceptors (Lipinski definition) is 2. The fourth-order valence-corrected chi connectivity index (χ4v) is 0.434. The van der Waals surface area contributed by atoms with Crippen LogP contribution in [0.2, 0.25) is 0 Å². The predicted molar refractivity (Wildman–Crippen MR) is 25.9 cm³/mol. The lowest BCUT2D eigenvalue weighted by Crippen LogP contribution is -2.20. The zero-order valence-corrected chi connectivity index (χ0v) is 3.85. The van der Waals surface area contributed by atoms with Crippen molar-refractivity contribution in [3.05, 3.63) is 0 Å². The highest BCUT2D eigenvalue weighted by atomic mass is 16.2. The van der Waals surface area contributed by atoms with Crippen LogP contribution in [0.15, 0.2) is 5.10 Å². The summed E-state index contributed by atoms with van der Waals surface area (Å²) < 4.78 is 0. The van der Waals surface area contributed by atoms with Crippen LogP contribution in [0.1, 0.15) is 12.8 Å². The maximum atomic E-state index is 10.2. The van der Waals surface area contributed by atoms with Crippen molar-refractivity contribution in [2.75, 3.05) is 0 Å². The van der Waals surface area contributed by atoms with Gasteiger partial charge in [0.1, 0.15) is 0 Å². The molecule has 3 nitrogen and oxygen atoms in total. The zero-order valence-electron chi connectivity index (χ0n) is 3.85. The molecule has 7 heavy (non-hydrogen) atoms. The lowest BCUT2D eigenvalue weighted by molar-refractivity contribution is -0.121. The van der Waals surface area contributed by atoms with E-state index in [1.807, 2.05) is 0 Å². The molecule has 1 heterocycles. The van der Waals surface area contributed by atoms with E-state index in [4.69, 9.17) is 0 Å². The Balaban J connectivity index is 2.47. The number of rotatable bonds is 0. The van der Waals surface area contributed by atoms with Gasteiger partial charge in [0.15, 0.2) is 0 Å². The molecule has 1 amide bonds. The molecule has 0 saturated heterocycles. The number of hydrogen-bond donors (Lipinski definition) is 1. The van der Waals surface area contributed by atoms with Crippen molar-refractivity contribution in [3.63, 3.8) is 0 Å². The molecule has 3 heteroatoms. The first-order valence-electron chi connectivity index (χ1n) is 2.20. The van der Waals surface area contributed by atoms with Crippen LogP contribution in [0.25, 0.3) is 0 Å². The maximum absolute atomic E-state index is 10.2. The van der Waals surface area contributed by atoms with E-state index in [2.05, 4.69) is 10.5 Å². The van der Waals surface area contributed by atoms with E-state index in [0.29, 0.717) is 6.42 Å². The molecule has 0 unspecified atom stereocenters. The third-order valence-corrected chi connectivity index (χ3v) is 0.781. The quantitative estimate of drug-likeness (QED) is 0.451. The average molecular weight is 98.1 g/mol. The summed E-state index contributed by atoms with van der Waals surface area (Å²) >= 11 is 0. The van der Waals surface area contributed by atoms with Crippen LogP contribution >= 0.6 is 0 Å². The molecule has 0 spiro atoms. The van der Waals surface area contributed by atoms with Crippen LogP contribution in [-0.4, -0.2) is 12.1 Å². The number of carbonyl (C=O) groups is 1. The van der Waals surface area contributed by atoms with Gasteiger partial charge in [-0.2, -0.15) is 5.10 Å². The van der Waals surface area contributed by atoms with Crippen LogP contribution < -0.4 is 5.43 Å². The first-order valence-corrected chi connectivity index (χ1v) is 2.20. The van der Waals surface area contributed by atoms with Crippen LogP contribution in [-0.2, 0) is 4.79 Å². The maximum Gasteiger partial charge on any atom is 0.240 e. The molecular formula is C4H6N2O. The van der Waals surface area contributed by atoms with E-state index in [9.17, 15) is 4.79 Å². The molecular weight excluding hydrogens is 92.1 g/mol. The van der Waals surface area contributed by atoms with Gasteiger partial charge in [-0.15, -0.1) is 0 Å². The van der Waals surface area contributed by atoms with Gasteiger partial charge >= 0.3 is 0 Å². The van der Waals surface area contributed by atoms with E-state index >= 15 is 0 Å². The summed E-state index contributed by atoms with van der Waals surface area (Å²) in [6.45, 7) is 0. The first-order chi connectivity index (χ1) is 3.39. The molecule has 38 valence electrons. The van der Waals surface area contributed by atoms with Gasteiger partial charge in [0, 0.05) is 12.6 Å². The van der Waals surface area contributed by atoms with Crippen LogP contribution in [0.5, 0.6) is 0 Å². The topological polar surface area (TPSA) is 41.5 Å². The molecule has 0 aromatic rings. The highest BCUT2D eigenvalue weighted by Crippen LogP contribution is 1.88. The Bertz CT molecular complexity index is 108. The van der Waals surface area contributed by atoms with Crippen LogP contribution in [0, 0.1) is 0 Å². The second-order valence-electron chi connectivity index (χ2n) is 1.39. The molecule has 0 bridgehead atoms. The Morgan fingerprint density at radius 3 is 3.00 bits per heavy atom. The van der Waals surface area contributed by atoms with Gasteiger partial charge in [-0.1, -0.05) is 0 Å². The molecule has 0 aromatic carbocycles. The van der Waals surface area contributed by atoms with Gasteiger partial charge in [0.2, 0.25) is 5.91 Å². The lowest BCUT2D eigenvalue weighted by Gasteiger charge is -1.99. The molecule has 0 aromatic heterocycles. The first kappa shape index (κ1) is 4.30. The van der Waals surface area contributed by atoms with Crippen LogP contribution in [0.4, 0.5) is 0 Å². The highest BCUT2D eigenvalue weighted by Gasteiger charge is 1.99. The Labute approximate surface area is 41.4 Å². The smallest absolute Gasteiger partial charge is 0.240 e. The molecule has 0 saturated carbocycles. The summed E-state index contributed by atoms with van der Waals surface area (Å²) in [5, 5.41) is 3.53. The molecule has 0 atom stereocenters. The van der Waals surface area contributed by atoms with E-state index in [-0.39, 0.29) is 5.91 Å². The third kappa shape index (κ3) is 0.994. The SMILES string of the molecule is O=C1CCC=NN1. The van der Waals surface area contributed by atoms with Crippen molar-refractivity contribution >= 4 is 12.1 Å². The summed E-state index contributed by atoms with van der Waals surface area (Å²) in [7, 11) is 0. The number of carbonyl (C=O) groups excluding carboxylic acids is 1. The molecule has 0 radical (unpaired) electrons. The minimum atomic E-state index is 0.0162. The predicted octanol–water partition coefficient (Wildman–Crippen LogP) is -0.118. The number of nitrogens with one attached hydrogen (secondary N) is 1. The van der Waals surface area contributed by atoms with Crippen molar-refractivity contribution in [3.8, 4) is 0 Å². The van der Waals surface area contributed by atoms with Crippen molar-refractivity contribution in [1.82, 2.24) is 5.43 Å². The summed E-state index contributed by atoms with van der Waals surface area (Å²) in [5.74, 6) is 0.0162. The number of hydrazone groups is 1. The van der Waals surface area contributed by atoms with E-state index in [1.165, 1.54) is 0 Å². The van der Waals surface area contributed by atoms with Crippen LogP contribution in [0.3, 0.4) is 0 Å². The molecule has 1 N–H and O–H groups in total. The van der Waals surface area contributed by atoms with E-state index in [1.54, 1.807) is 6.21 Å². The van der Waals surface area contributed by atoms with Crippen molar-refractivity contribution in [2.45, 2.75) is 12.8 Å². The second kappa shape index (κ2) is 1.73. The van der Waals surface area contributed by atoms with Crippen molar-refractivity contribution in [2.24, 2.45) is 5.10 Å². The molecule has 1 aliphatic rings. The molecule has 1 rings (SSSR count). The Morgan fingerprint density at radius 2 is 2.71 bits per heavy atom. The van der Waals surface area contributed by atoms with Gasteiger partial charge in [0.05, 0.1) is 0 Å². The summed E-state index contributed by atoms with van der Waals surface area (Å²) in [4.78, 5) is 10.2. The molecule has 0 aliphatic carbocycles. The summed E-state index contributed by atoms with van der Waals surface area (Å²) in [6.07, 6.45) is 3.07. The minimum Gasteiger partial charge on any atom is -0.273 e. The largest absolute Gasteiger partial charge is 0.273 e. The van der Waals surface area contributed by atoms with E-state index in [0.717, 1.165) is 6.42 Å². The van der Waals surface area contributed by atoms with E-state index < -0.39 is 0 Å². The monoisotopic (exact) mass is 98.0 g/mol. The Kier molecular flexibility index (Phi) is 1.06.